The molecule has 0 spiro atoms. The lowest BCUT2D eigenvalue weighted by atomic mass is 9.85. The van der Waals surface area contributed by atoms with Crippen LogP contribution in [0.2, 0.25) is 0 Å². The molecule has 15 heteroatoms. The fraction of sp³-hybridized carbons (Fsp3) is 0.361. The lowest BCUT2D eigenvalue weighted by molar-refractivity contribution is -0.137. The van der Waals surface area contributed by atoms with E-state index < -0.39 is 38.2 Å². The predicted octanol–water partition coefficient (Wildman–Crippen LogP) is 6.13. The lowest BCUT2D eigenvalue weighted by Crippen LogP contribution is -2.29. The molecule has 5 heterocycles. The number of amides is 1. The minimum absolute atomic E-state index is 0.0730. The highest BCUT2D eigenvalue weighted by Crippen LogP contribution is 2.43. The van der Waals surface area contributed by atoms with E-state index in [-0.39, 0.29) is 48.4 Å². The van der Waals surface area contributed by atoms with Crippen LogP contribution in [0.1, 0.15) is 107 Å². The Hall–Kier alpha value is -4.88. The molecule has 7 N–H and O–H groups in total. The summed E-state index contributed by atoms with van der Waals surface area (Å²) in [4.78, 5) is 73.0. The van der Waals surface area contributed by atoms with Gasteiger partial charge in [-0.1, -0.05) is 26.5 Å². The molecule has 3 aromatic rings. The predicted molar refractivity (Wildman–Crippen MR) is 193 cm³/mol. The van der Waals surface area contributed by atoms with Crippen LogP contribution in [0.3, 0.4) is 0 Å². The minimum Gasteiger partial charge on any atom is -0.481 e. The maximum atomic E-state index is 13.5. The first-order valence-electron chi connectivity index (χ1n) is 16.6. The molecule has 0 saturated carbocycles. The number of fused-ring (bicyclic) bond motifs is 8. The maximum absolute atomic E-state index is 13.5. The van der Waals surface area contributed by atoms with E-state index in [1.807, 2.05) is 39.8 Å². The van der Waals surface area contributed by atoms with Gasteiger partial charge in [0.15, 0.2) is 0 Å². The summed E-state index contributed by atoms with van der Waals surface area (Å²) in [7, 11) is -4.76. The second kappa shape index (κ2) is 14.8. The molecule has 2 atom stereocenters. The zero-order valence-corrected chi connectivity index (χ0v) is 30.0. The van der Waals surface area contributed by atoms with Gasteiger partial charge in [-0.05, 0) is 74.1 Å². The average molecular weight is 720 g/mol. The van der Waals surface area contributed by atoms with E-state index in [0.29, 0.717) is 34.6 Å². The number of phosphoric acid groups is 1. The second-order valence-electron chi connectivity index (χ2n) is 12.8. The number of hydrogen-bond acceptors (Lipinski definition) is 7. The van der Waals surface area contributed by atoms with E-state index in [0.717, 1.165) is 39.0 Å². The molecule has 2 aliphatic rings. The molecule has 2 unspecified atom stereocenters. The number of nitrogens with one attached hydrogen (secondary N) is 3. The summed E-state index contributed by atoms with van der Waals surface area (Å²) >= 11 is 0. The van der Waals surface area contributed by atoms with Gasteiger partial charge in [-0.2, -0.15) is 0 Å². The lowest BCUT2D eigenvalue weighted by Gasteiger charge is -2.17. The first kappa shape index (κ1) is 37.4. The Kier molecular flexibility index (Phi) is 10.8. The number of rotatable bonds is 12. The molecule has 51 heavy (non-hydrogen) atoms. The summed E-state index contributed by atoms with van der Waals surface area (Å²) < 4.78 is 15.6. The molecule has 270 valence electrons. The third-order valence-electron chi connectivity index (χ3n) is 9.64. The molecular weight excluding hydrogens is 677 g/mol. The monoisotopic (exact) mass is 719 g/mol. The van der Waals surface area contributed by atoms with Gasteiger partial charge in [0.1, 0.15) is 0 Å². The Bertz CT molecular complexity index is 2190. The van der Waals surface area contributed by atoms with E-state index in [9.17, 15) is 29.2 Å². The molecule has 1 amide bonds. The van der Waals surface area contributed by atoms with Crippen LogP contribution in [-0.2, 0) is 25.1 Å². The number of phosphoric ester groups is 1. The molecular formula is C36H42N5O9P. The van der Waals surface area contributed by atoms with E-state index >= 15 is 0 Å². The molecule has 8 bridgehead atoms. The Labute approximate surface area is 294 Å². The smallest absolute Gasteiger partial charge is 0.469 e. The number of carboxylic acids is 2. The van der Waals surface area contributed by atoms with Gasteiger partial charge in [-0.3, -0.25) is 19.1 Å². The van der Waals surface area contributed by atoms with E-state index in [1.54, 1.807) is 19.1 Å². The van der Waals surface area contributed by atoms with Crippen molar-refractivity contribution in [1.82, 2.24) is 25.3 Å². The number of aromatic nitrogens is 4. The van der Waals surface area contributed by atoms with E-state index in [4.69, 9.17) is 19.8 Å². The zero-order valence-electron chi connectivity index (χ0n) is 29.1. The molecule has 0 saturated heterocycles. The normalized spacial score (nSPS) is 16.0. The quantitative estimate of drug-likeness (QED) is 0.0831. The van der Waals surface area contributed by atoms with Crippen LogP contribution in [0.15, 0.2) is 24.8 Å². The van der Waals surface area contributed by atoms with Gasteiger partial charge in [0.05, 0.1) is 41.2 Å². The molecule has 0 radical (unpaired) electrons. The molecule has 0 aliphatic carbocycles. The molecule has 0 fully saturated rings. The van der Waals surface area contributed by atoms with Crippen molar-refractivity contribution < 1.29 is 43.5 Å². The molecule has 0 aromatic carbocycles. The van der Waals surface area contributed by atoms with Crippen molar-refractivity contribution in [3.05, 3.63) is 75.4 Å². The highest BCUT2D eigenvalue weighted by atomic mass is 31.2. The number of aromatic amines is 2. The van der Waals surface area contributed by atoms with Gasteiger partial charge < -0.3 is 35.3 Å². The summed E-state index contributed by atoms with van der Waals surface area (Å²) in [6.07, 6.45) is 2.02. The van der Waals surface area contributed by atoms with Crippen LogP contribution >= 0.6 is 7.82 Å². The third kappa shape index (κ3) is 7.74. The van der Waals surface area contributed by atoms with Crippen molar-refractivity contribution in [2.24, 2.45) is 0 Å². The summed E-state index contributed by atoms with van der Waals surface area (Å²) in [6, 6.07) is 5.65. The second-order valence-corrected chi connectivity index (χ2v) is 14.0. The standard InChI is InChI=1S/C36H42N5O9P/c1-7-21-17(3)25-14-27-19(5)23(9-10-32(43)44)34(40-27)24(13-31(42)37-11-12-50-51(47,48)49)35-33(36(45)46)20(6)28(41-35)16-30-22(8-2)18(4)26(39-30)15-29(21)38-25/h7,14-16,19,23,38,41H,1,8-13H2,2-6H3,(H,37,42)(H,43,44)(H,45,46)(H2,47,48,49). The number of aromatic carboxylic acids is 1. The number of aliphatic carboxylic acids is 1. The van der Waals surface area contributed by atoms with Crippen molar-refractivity contribution in [3.63, 3.8) is 0 Å². The number of carbonyl (C=O) groups excluding carboxylic acids is 1. The SMILES string of the molecule is C=Cc1c(C)c2cc3nc(c(CC(=O)NCCOP(=O)(O)O)c4[nH]c(cc5nc(cc1[nH]2)C(C)=C5CC)c(C)c4C(=O)O)C(CCC(=O)O)C3C. The topological polar surface area (TPSA) is 228 Å². The maximum Gasteiger partial charge on any atom is 0.469 e. The van der Waals surface area contributed by atoms with Gasteiger partial charge in [-0.25, -0.2) is 14.3 Å². The van der Waals surface area contributed by atoms with Crippen molar-refractivity contribution in [3.8, 4) is 0 Å². The number of hydrogen-bond donors (Lipinski definition) is 7. The largest absolute Gasteiger partial charge is 0.481 e. The zero-order chi connectivity index (χ0) is 37.4. The number of carbonyl (C=O) groups is 3. The first-order chi connectivity index (χ1) is 24.0. The fourth-order valence-electron chi connectivity index (χ4n) is 6.95. The fourth-order valence-corrected chi connectivity index (χ4v) is 7.28. The number of allylic oxidation sites excluding steroid dienone is 2. The summed E-state index contributed by atoms with van der Waals surface area (Å²) in [6.45, 7) is 12.9. The number of aryl methyl sites for hydroxylation is 2. The van der Waals surface area contributed by atoms with Gasteiger partial charge >= 0.3 is 19.8 Å². The third-order valence-corrected chi connectivity index (χ3v) is 10.2. The first-order valence-corrected chi connectivity index (χ1v) is 18.1. The summed E-state index contributed by atoms with van der Waals surface area (Å²) in [5.74, 6) is -3.67. The highest BCUT2D eigenvalue weighted by Gasteiger charge is 2.33. The van der Waals surface area contributed by atoms with Crippen molar-refractivity contribution in [1.29, 1.82) is 0 Å². The summed E-state index contributed by atoms with van der Waals surface area (Å²) in [5, 5.41) is 22.8. The van der Waals surface area contributed by atoms with Gasteiger partial charge in [0, 0.05) is 58.2 Å². The number of nitrogens with zero attached hydrogens (tertiary/aromatic N) is 2. The van der Waals surface area contributed by atoms with Gasteiger partial charge in [0.25, 0.3) is 0 Å². The van der Waals surface area contributed by atoms with Crippen LogP contribution in [0.5, 0.6) is 0 Å². The van der Waals surface area contributed by atoms with E-state index in [1.165, 1.54) is 0 Å². The Morgan fingerprint density at radius 3 is 2.33 bits per heavy atom. The van der Waals surface area contributed by atoms with E-state index in [2.05, 4.69) is 26.4 Å². The van der Waals surface area contributed by atoms with Crippen LogP contribution in [0.4, 0.5) is 0 Å². The van der Waals surface area contributed by atoms with Crippen molar-refractivity contribution in [2.45, 2.75) is 72.1 Å². The van der Waals surface area contributed by atoms with Crippen LogP contribution in [0.25, 0.3) is 39.3 Å². The number of H-pyrrole nitrogens is 2. The molecule has 2 aliphatic heterocycles. The van der Waals surface area contributed by atoms with Crippen molar-refractivity contribution >= 4 is 65.0 Å². The van der Waals surface area contributed by atoms with Crippen LogP contribution in [-0.4, -0.2) is 70.9 Å². The molecule has 3 aromatic heterocycles. The van der Waals surface area contributed by atoms with Crippen LogP contribution in [0, 0.1) is 13.8 Å². The van der Waals surface area contributed by atoms with Gasteiger partial charge in [-0.15, -0.1) is 0 Å². The summed E-state index contributed by atoms with van der Waals surface area (Å²) in [5.41, 5.74) is 8.90. The Morgan fingerprint density at radius 1 is 1.02 bits per heavy atom. The average Bonchev–Trinajstić information content (AvgIpc) is 3.73. The molecule has 5 rings (SSSR count). The minimum atomic E-state index is -4.76. The highest BCUT2D eigenvalue weighted by molar-refractivity contribution is 7.46. The van der Waals surface area contributed by atoms with Crippen LogP contribution < -0.4 is 5.32 Å². The molecule has 14 nitrogen and oxygen atoms in total. The Balaban J connectivity index is 1.90. The Morgan fingerprint density at radius 2 is 1.71 bits per heavy atom. The van der Waals surface area contributed by atoms with Crippen molar-refractivity contribution in [2.75, 3.05) is 13.2 Å². The number of carboxylic acid groups (broad SMARTS) is 2. The van der Waals surface area contributed by atoms with Gasteiger partial charge in [0.2, 0.25) is 5.91 Å².